The van der Waals surface area contributed by atoms with Crippen LogP contribution in [0.1, 0.15) is 20.3 Å². The number of hydrogen-bond donors (Lipinski definition) is 0. The third kappa shape index (κ3) is 1.51. The van der Waals surface area contributed by atoms with Gasteiger partial charge in [0.05, 0.1) is 0 Å². The van der Waals surface area contributed by atoms with Crippen molar-refractivity contribution in [1.29, 1.82) is 0 Å². The van der Waals surface area contributed by atoms with Gasteiger partial charge in [0.2, 0.25) is 0 Å². The Morgan fingerprint density at radius 3 is 2.62 bits per heavy atom. The third-order valence-electron chi connectivity index (χ3n) is 1.31. The highest BCUT2D eigenvalue weighted by molar-refractivity contribution is 7.98. The van der Waals surface area contributed by atoms with Gasteiger partial charge < -0.3 is 0 Å². The van der Waals surface area contributed by atoms with Crippen LogP contribution in [0.3, 0.4) is 0 Å². The molecule has 0 saturated heterocycles. The third-order valence-corrected chi connectivity index (χ3v) is 1.96. The molecule has 0 aromatic rings. The minimum Gasteiger partial charge on any atom is -0.228 e. The first-order chi connectivity index (χ1) is 3.71. The number of nitrogens with zero attached hydrogens (tertiary/aromatic N) is 1. The van der Waals surface area contributed by atoms with E-state index >= 15 is 0 Å². The SMILES string of the molecule is CC1(C)C=NSCC1. The maximum Gasteiger partial charge on any atom is 0.0182 e. The van der Waals surface area contributed by atoms with Crippen LogP contribution in [0.15, 0.2) is 4.40 Å². The Balaban J connectivity index is 2.56. The highest BCUT2D eigenvalue weighted by Crippen LogP contribution is 2.25. The molecule has 0 spiro atoms. The Morgan fingerprint density at radius 1 is 1.62 bits per heavy atom. The minimum atomic E-state index is 0.366. The summed E-state index contributed by atoms with van der Waals surface area (Å²) in [7, 11) is 0. The van der Waals surface area contributed by atoms with Gasteiger partial charge in [0, 0.05) is 17.4 Å². The molecule has 1 rings (SSSR count). The molecule has 0 radical (unpaired) electrons. The van der Waals surface area contributed by atoms with Crippen LogP contribution in [0, 0.1) is 5.41 Å². The van der Waals surface area contributed by atoms with E-state index in [0.717, 1.165) is 0 Å². The van der Waals surface area contributed by atoms with Gasteiger partial charge in [0.15, 0.2) is 0 Å². The maximum absolute atomic E-state index is 4.12. The fraction of sp³-hybridized carbons (Fsp3) is 0.833. The van der Waals surface area contributed by atoms with Crippen LogP contribution >= 0.6 is 11.9 Å². The van der Waals surface area contributed by atoms with Gasteiger partial charge in [-0.25, -0.2) is 4.40 Å². The first kappa shape index (κ1) is 6.14. The summed E-state index contributed by atoms with van der Waals surface area (Å²) in [4.78, 5) is 0. The minimum absolute atomic E-state index is 0.366. The van der Waals surface area contributed by atoms with E-state index in [1.165, 1.54) is 12.2 Å². The molecule has 0 aliphatic carbocycles. The van der Waals surface area contributed by atoms with Crippen molar-refractivity contribution in [1.82, 2.24) is 0 Å². The van der Waals surface area contributed by atoms with Crippen molar-refractivity contribution >= 4 is 18.2 Å². The fourth-order valence-corrected chi connectivity index (χ4v) is 1.69. The van der Waals surface area contributed by atoms with Gasteiger partial charge >= 0.3 is 0 Å². The lowest BCUT2D eigenvalue weighted by Crippen LogP contribution is -2.16. The van der Waals surface area contributed by atoms with E-state index in [4.69, 9.17) is 0 Å². The van der Waals surface area contributed by atoms with Crippen molar-refractivity contribution in [3.63, 3.8) is 0 Å². The molecule has 0 N–H and O–H groups in total. The zero-order valence-corrected chi connectivity index (χ0v) is 6.16. The van der Waals surface area contributed by atoms with Crippen molar-refractivity contribution in [3.05, 3.63) is 0 Å². The Labute approximate surface area is 54.7 Å². The van der Waals surface area contributed by atoms with Gasteiger partial charge in [0.25, 0.3) is 0 Å². The van der Waals surface area contributed by atoms with Crippen LogP contribution in [0.5, 0.6) is 0 Å². The van der Waals surface area contributed by atoms with E-state index in [2.05, 4.69) is 18.2 Å². The summed E-state index contributed by atoms with van der Waals surface area (Å²) in [5, 5.41) is 0. The molecule has 46 valence electrons. The molecule has 1 nitrogen and oxygen atoms in total. The lowest BCUT2D eigenvalue weighted by molar-refractivity contribution is 0.517. The van der Waals surface area contributed by atoms with Gasteiger partial charge in [-0.1, -0.05) is 13.8 Å². The summed E-state index contributed by atoms with van der Waals surface area (Å²) in [5.41, 5.74) is 0.366. The molecule has 8 heavy (non-hydrogen) atoms. The lowest BCUT2D eigenvalue weighted by Gasteiger charge is -2.20. The normalized spacial score (nSPS) is 25.8. The predicted octanol–water partition coefficient (Wildman–Crippen LogP) is 2.14. The Morgan fingerprint density at radius 2 is 2.38 bits per heavy atom. The van der Waals surface area contributed by atoms with E-state index in [0.29, 0.717) is 5.41 Å². The Bertz CT molecular complexity index is 107. The average Bonchev–Trinajstić information content (AvgIpc) is 1.65. The van der Waals surface area contributed by atoms with E-state index in [1.54, 1.807) is 11.9 Å². The second-order valence-electron chi connectivity index (χ2n) is 2.81. The van der Waals surface area contributed by atoms with E-state index in [9.17, 15) is 0 Å². The molecular formula is C6H11NS. The Hall–Kier alpha value is 0.0200. The largest absolute Gasteiger partial charge is 0.228 e. The van der Waals surface area contributed by atoms with Crippen LogP contribution in [-0.4, -0.2) is 12.0 Å². The highest BCUT2D eigenvalue weighted by Gasteiger charge is 2.16. The van der Waals surface area contributed by atoms with Gasteiger partial charge in [-0.15, -0.1) is 0 Å². The number of hydrogen-bond acceptors (Lipinski definition) is 2. The summed E-state index contributed by atoms with van der Waals surface area (Å²) < 4.78 is 4.12. The van der Waals surface area contributed by atoms with Crippen LogP contribution in [0.4, 0.5) is 0 Å². The predicted molar refractivity (Wildman–Crippen MR) is 39.3 cm³/mol. The summed E-state index contributed by atoms with van der Waals surface area (Å²) in [6.07, 6.45) is 3.31. The zero-order chi connectivity index (χ0) is 6.04. The molecule has 0 bridgehead atoms. The van der Waals surface area contributed by atoms with Crippen molar-refractivity contribution in [2.75, 3.05) is 5.75 Å². The molecule has 2 heteroatoms. The standard InChI is InChI=1S/C6H11NS/c1-6(2)3-4-8-7-5-6/h5H,3-4H2,1-2H3. The van der Waals surface area contributed by atoms with Gasteiger partial charge in [-0.2, -0.15) is 0 Å². The topological polar surface area (TPSA) is 12.4 Å². The second-order valence-corrected chi connectivity index (χ2v) is 3.68. The molecule has 1 aliphatic heterocycles. The summed E-state index contributed by atoms with van der Waals surface area (Å²) >= 11 is 1.67. The van der Waals surface area contributed by atoms with Gasteiger partial charge in [-0.3, -0.25) is 0 Å². The lowest BCUT2D eigenvalue weighted by atomic mass is 9.92. The van der Waals surface area contributed by atoms with Crippen molar-refractivity contribution in [3.8, 4) is 0 Å². The smallest absolute Gasteiger partial charge is 0.0182 e. The second kappa shape index (κ2) is 2.09. The van der Waals surface area contributed by atoms with Crippen LogP contribution in [0.2, 0.25) is 0 Å². The molecule has 0 unspecified atom stereocenters. The van der Waals surface area contributed by atoms with Crippen LogP contribution in [0.25, 0.3) is 0 Å². The van der Waals surface area contributed by atoms with Crippen molar-refractivity contribution in [2.45, 2.75) is 20.3 Å². The monoisotopic (exact) mass is 129 g/mol. The van der Waals surface area contributed by atoms with E-state index < -0.39 is 0 Å². The molecular weight excluding hydrogens is 118 g/mol. The molecule has 0 fully saturated rings. The average molecular weight is 129 g/mol. The van der Waals surface area contributed by atoms with Crippen molar-refractivity contribution in [2.24, 2.45) is 9.81 Å². The molecule has 0 aromatic heterocycles. The molecule has 0 atom stereocenters. The van der Waals surface area contributed by atoms with Gasteiger partial charge in [0.1, 0.15) is 0 Å². The first-order valence-corrected chi connectivity index (χ1v) is 3.81. The summed E-state index contributed by atoms with van der Waals surface area (Å²) in [6, 6.07) is 0. The molecule has 1 aliphatic rings. The highest BCUT2D eigenvalue weighted by atomic mass is 32.2. The molecule has 0 amide bonds. The van der Waals surface area contributed by atoms with Crippen LogP contribution < -0.4 is 0 Å². The van der Waals surface area contributed by atoms with Crippen molar-refractivity contribution < 1.29 is 0 Å². The molecule has 0 aromatic carbocycles. The first-order valence-electron chi connectivity index (χ1n) is 2.87. The maximum atomic E-state index is 4.12. The Kier molecular flexibility index (Phi) is 1.61. The zero-order valence-electron chi connectivity index (χ0n) is 5.35. The number of rotatable bonds is 0. The van der Waals surface area contributed by atoms with E-state index in [-0.39, 0.29) is 0 Å². The van der Waals surface area contributed by atoms with E-state index in [1.807, 2.05) is 6.21 Å². The fourth-order valence-electron chi connectivity index (χ4n) is 0.606. The quantitative estimate of drug-likeness (QED) is 0.456. The van der Waals surface area contributed by atoms with Gasteiger partial charge in [-0.05, 0) is 18.4 Å². The van der Waals surface area contributed by atoms with Crippen LogP contribution in [-0.2, 0) is 0 Å². The summed E-state index contributed by atoms with van der Waals surface area (Å²) in [6.45, 7) is 4.44. The molecule has 0 saturated carbocycles. The summed E-state index contributed by atoms with van der Waals surface area (Å²) in [5.74, 6) is 1.18. The molecule has 1 heterocycles.